The number of anilines is 1. The van der Waals surface area contributed by atoms with Crippen LogP contribution < -0.4 is 9.64 Å². The molecule has 1 aliphatic heterocycles. The minimum Gasteiger partial charge on any atom is -0.485 e. The van der Waals surface area contributed by atoms with Crippen molar-refractivity contribution >= 4 is 11.6 Å². The molecule has 2 saturated carbocycles. The number of likely N-dealkylation sites (N-methyl/N-ethyl adjacent to an activating group) is 1. The van der Waals surface area contributed by atoms with Crippen molar-refractivity contribution in [2.24, 2.45) is 17.8 Å². The van der Waals surface area contributed by atoms with Gasteiger partial charge in [0, 0.05) is 12.5 Å². The van der Waals surface area contributed by atoms with Crippen LogP contribution in [-0.2, 0) is 4.79 Å². The molecule has 1 amide bonds. The molecule has 2 fully saturated rings. The second-order valence-corrected chi connectivity index (χ2v) is 7.20. The molecule has 0 spiro atoms. The highest BCUT2D eigenvalue weighted by atomic mass is 16.5. The Labute approximate surface area is 132 Å². The second-order valence-electron chi connectivity index (χ2n) is 7.20. The predicted molar refractivity (Wildman–Crippen MR) is 86.1 cm³/mol. The lowest BCUT2D eigenvalue weighted by molar-refractivity contribution is -0.121. The zero-order valence-electron chi connectivity index (χ0n) is 13.4. The zero-order chi connectivity index (χ0) is 15.3. The van der Waals surface area contributed by atoms with Gasteiger partial charge < -0.3 is 14.5 Å². The molecule has 118 valence electrons. The molecule has 0 saturated heterocycles. The number of hydrogen-bond acceptors (Lipinski definition) is 3. The van der Waals surface area contributed by atoms with Crippen LogP contribution in [0.2, 0.25) is 0 Å². The van der Waals surface area contributed by atoms with E-state index in [2.05, 4.69) is 4.90 Å². The molecule has 2 aliphatic carbocycles. The van der Waals surface area contributed by atoms with Gasteiger partial charge in [-0.05, 0) is 50.9 Å². The van der Waals surface area contributed by atoms with E-state index in [-0.39, 0.29) is 12.0 Å². The van der Waals surface area contributed by atoms with Gasteiger partial charge in [-0.1, -0.05) is 18.6 Å². The van der Waals surface area contributed by atoms with E-state index in [0.717, 1.165) is 18.0 Å². The third-order valence-electron chi connectivity index (χ3n) is 5.36. The maximum absolute atomic E-state index is 13.0. The van der Waals surface area contributed by atoms with Gasteiger partial charge in [-0.2, -0.15) is 0 Å². The Morgan fingerprint density at radius 3 is 2.73 bits per heavy atom. The molecule has 22 heavy (non-hydrogen) atoms. The average Bonchev–Trinajstić information content (AvgIpc) is 2.97. The van der Waals surface area contributed by atoms with E-state index in [1.54, 1.807) is 0 Å². The number of benzene rings is 1. The fourth-order valence-electron chi connectivity index (χ4n) is 4.38. The number of nitrogens with zero attached hydrogens (tertiary/aromatic N) is 2. The summed E-state index contributed by atoms with van der Waals surface area (Å²) in [5.74, 6) is 2.78. The van der Waals surface area contributed by atoms with Gasteiger partial charge in [0.05, 0.1) is 12.2 Å². The third kappa shape index (κ3) is 2.30. The summed E-state index contributed by atoms with van der Waals surface area (Å²) in [5, 5.41) is 0. The lowest BCUT2D eigenvalue weighted by Gasteiger charge is -2.36. The van der Waals surface area contributed by atoms with Crippen molar-refractivity contribution in [1.82, 2.24) is 4.90 Å². The molecule has 0 unspecified atom stereocenters. The van der Waals surface area contributed by atoms with Crippen molar-refractivity contribution in [3.05, 3.63) is 24.3 Å². The van der Waals surface area contributed by atoms with E-state index in [4.69, 9.17) is 4.74 Å². The maximum Gasteiger partial charge on any atom is 0.230 e. The van der Waals surface area contributed by atoms with Gasteiger partial charge in [-0.15, -0.1) is 0 Å². The SMILES string of the molecule is CN(C)C[C@@H]1CN(C(=O)C2[C@H]3CCC[C@H]23)c2ccccc2O1. The Bertz CT molecular complexity index is 576. The lowest BCUT2D eigenvalue weighted by Crippen LogP contribution is -2.48. The van der Waals surface area contributed by atoms with Gasteiger partial charge in [0.2, 0.25) is 5.91 Å². The molecular formula is C18H24N2O2. The largest absolute Gasteiger partial charge is 0.485 e. The van der Waals surface area contributed by atoms with Crippen LogP contribution >= 0.6 is 0 Å². The van der Waals surface area contributed by atoms with Crippen molar-refractivity contribution in [1.29, 1.82) is 0 Å². The van der Waals surface area contributed by atoms with Gasteiger partial charge in [0.1, 0.15) is 11.9 Å². The van der Waals surface area contributed by atoms with Crippen LogP contribution in [0.5, 0.6) is 5.75 Å². The summed E-state index contributed by atoms with van der Waals surface area (Å²) in [5.41, 5.74) is 0.951. The van der Waals surface area contributed by atoms with Crippen LogP contribution in [0.15, 0.2) is 24.3 Å². The summed E-state index contributed by atoms with van der Waals surface area (Å²) < 4.78 is 6.08. The monoisotopic (exact) mass is 300 g/mol. The topological polar surface area (TPSA) is 32.8 Å². The fraction of sp³-hybridized carbons (Fsp3) is 0.611. The van der Waals surface area contributed by atoms with Gasteiger partial charge >= 0.3 is 0 Å². The Balaban J connectivity index is 1.58. The van der Waals surface area contributed by atoms with Crippen LogP contribution in [-0.4, -0.2) is 44.1 Å². The molecule has 1 aromatic rings. The first-order valence-electron chi connectivity index (χ1n) is 8.37. The zero-order valence-corrected chi connectivity index (χ0v) is 13.4. The van der Waals surface area contributed by atoms with E-state index in [9.17, 15) is 4.79 Å². The predicted octanol–water partition coefficient (Wildman–Crippen LogP) is 2.39. The number of amides is 1. The molecule has 0 radical (unpaired) electrons. The molecule has 4 nitrogen and oxygen atoms in total. The van der Waals surface area contributed by atoms with E-state index in [0.29, 0.717) is 24.3 Å². The van der Waals surface area contributed by atoms with Crippen LogP contribution in [0, 0.1) is 17.8 Å². The standard InChI is InChI=1S/C18H24N2O2/c1-19(2)10-12-11-20(15-8-3-4-9-16(15)22-12)18(21)17-13-6-5-7-14(13)17/h3-4,8-9,12-14,17H,5-7,10-11H2,1-2H3/t12-,13+,14+/m1/s1. The first kappa shape index (κ1) is 14.1. The minimum atomic E-state index is 0.0486. The number of ether oxygens (including phenoxy) is 1. The van der Waals surface area contributed by atoms with Crippen molar-refractivity contribution in [2.75, 3.05) is 32.1 Å². The molecular weight excluding hydrogens is 276 g/mol. The fourth-order valence-corrected chi connectivity index (χ4v) is 4.38. The maximum atomic E-state index is 13.0. The number of para-hydroxylation sites is 2. The Morgan fingerprint density at radius 1 is 1.27 bits per heavy atom. The van der Waals surface area contributed by atoms with Crippen LogP contribution in [0.25, 0.3) is 0 Å². The minimum absolute atomic E-state index is 0.0486. The highest BCUT2D eigenvalue weighted by Gasteiger charge is 2.58. The normalized spacial score (nSPS) is 32.4. The molecule has 0 bridgehead atoms. The summed E-state index contributed by atoms with van der Waals surface area (Å²) in [6.07, 6.45) is 3.84. The van der Waals surface area contributed by atoms with Gasteiger partial charge in [0.15, 0.2) is 0 Å². The summed E-state index contributed by atoms with van der Waals surface area (Å²) in [6.45, 7) is 1.50. The molecule has 0 N–H and O–H groups in total. The highest BCUT2D eigenvalue weighted by Crippen LogP contribution is 2.58. The van der Waals surface area contributed by atoms with Crippen LogP contribution in [0.1, 0.15) is 19.3 Å². The molecule has 4 rings (SSSR count). The van der Waals surface area contributed by atoms with Crippen LogP contribution in [0.4, 0.5) is 5.69 Å². The quantitative estimate of drug-likeness (QED) is 0.859. The highest BCUT2D eigenvalue weighted by molar-refractivity contribution is 5.99. The second kappa shape index (κ2) is 5.27. The molecule has 3 atom stereocenters. The molecule has 3 aliphatic rings. The van der Waals surface area contributed by atoms with E-state index >= 15 is 0 Å². The number of carbonyl (C=O) groups is 1. The van der Waals surface area contributed by atoms with Crippen LogP contribution in [0.3, 0.4) is 0 Å². The number of rotatable bonds is 3. The molecule has 1 heterocycles. The van der Waals surface area contributed by atoms with Crippen molar-refractivity contribution in [3.8, 4) is 5.75 Å². The first-order chi connectivity index (χ1) is 10.6. The van der Waals surface area contributed by atoms with E-state index in [1.165, 1.54) is 19.3 Å². The smallest absolute Gasteiger partial charge is 0.230 e. The molecule has 1 aromatic carbocycles. The summed E-state index contributed by atoms with van der Waals surface area (Å²) >= 11 is 0. The number of hydrogen-bond donors (Lipinski definition) is 0. The van der Waals surface area contributed by atoms with Gasteiger partial charge in [0.25, 0.3) is 0 Å². The number of carbonyl (C=O) groups excluding carboxylic acids is 1. The van der Waals surface area contributed by atoms with Crippen molar-refractivity contribution in [2.45, 2.75) is 25.4 Å². The van der Waals surface area contributed by atoms with E-state index in [1.807, 2.05) is 43.3 Å². The summed E-state index contributed by atoms with van der Waals surface area (Å²) in [7, 11) is 4.09. The molecule has 0 aromatic heterocycles. The average molecular weight is 300 g/mol. The Kier molecular flexibility index (Phi) is 3.37. The summed E-state index contributed by atoms with van der Waals surface area (Å²) in [4.78, 5) is 17.1. The third-order valence-corrected chi connectivity index (χ3v) is 5.36. The van der Waals surface area contributed by atoms with Gasteiger partial charge in [-0.25, -0.2) is 0 Å². The van der Waals surface area contributed by atoms with Crippen molar-refractivity contribution in [3.63, 3.8) is 0 Å². The Hall–Kier alpha value is -1.55. The van der Waals surface area contributed by atoms with E-state index < -0.39 is 0 Å². The number of fused-ring (bicyclic) bond motifs is 2. The van der Waals surface area contributed by atoms with Gasteiger partial charge in [-0.3, -0.25) is 4.79 Å². The molecule has 4 heteroatoms. The lowest BCUT2D eigenvalue weighted by atomic mass is 10.1. The summed E-state index contributed by atoms with van der Waals surface area (Å²) in [6, 6.07) is 7.95. The Morgan fingerprint density at radius 2 is 2.00 bits per heavy atom. The first-order valence-corrected chi connectivity index (χ1v) is 8.37. The van der Waals surface area contributed by atoms with Crippen molar-refractivity contribution < 1.29 is 9.53 Å².